The molecule has 0 unspecified atom stereocenters. The van der Waals surface area contributed by atoms with Crippen molar-refractivity contribution in [1.82, 2.24) is 10.6 Å². The van der Waals surface area contributed by atoms with E-state index in [-0.39, 0.29) is 12.6 Å². The average Bonchev–Trinajstić information content (AvgIpc) is 2.52. The van der Waals surface area contributed by atoms with Crippen molar-refractivity contribution in [2.24, 2.45) is 0 Å². The highest BCUT2D eigenvalue weighted by atomic mass is 16.5. The van der Waals surface area contributed by atoms with E-state index in [0.717, 1.165) is 5.56 Å². The van der Waals surface area contributed by atoms with Crippen LogP contribution in [0.2, 0.25) is 0 Å². The Hall–Kier alpha value is -2.76. The summed E-state index contributed by atoms with van der Waals surface area (Å²) >= 11 is 0. The van der Waals surface area contributed by atoms with Gasteiger partial charge in [-0.25, -0.2) is 9.59 Å². The van der Waals surface area contributed by atoms with E-state index in [1.54, 1.807) is 38.3 Å². The average molecular weight is 302 g/mol. The van der Waals surface area contributed by atoms with Gasteiger partial charge < -0.3 is 20.1 Å². The number of allylic oxidation sites excluding steroid dienone is 1. The summed E-state index contributed by atoms with van der Waals surface area (Å²) in [5, 5.41) is 5.32. The molecule has 2 amide bonds. The quantitative estimate of drug-likeness (QED) is 0.644. The number of amides is 2. The standard InChI is InChI=1S/C16H18N2O4/c1-4-9-22-15(19)13-10(2)17-16(20)18-14(13)11-5-7-12(21-3)8-6-11/h4-8,14H,1,9H2,2-3H3,(H2,17,18,20)/t14-/m1/s1. The van der Waals surface area contributed by atoms with Gasteiger partial charge in [0.1, 0.15) is 12.4 Å². The number of ether oxygens (including phenoxy) is 2. The molecule has 0 bridgehead atoms. The van der Waals surface area contributed by atoms with Crippen LogP contribution in [-0.2, 0) is 9.53 Å². The number of hydrogen-bond donors (Lipinski definition) is 2. The monoisotopic (exact) mass is 302 g/mol. The Morgan fingerprint density at radius 2 is 2.05 bits per heavy atom. The second-order valence-corrected chi connectivity index (χ2v) is 4.73. The molecule has 2 N–H and O–H groups in total. The molecule has 1 aliphatic heterocycles. The van der Waals surface area contributed by atoms with Crippen molar-refractivity contribution in [1.29, 1.82) is 0 Å². The van der Waals surface area contributed by atoms with Crippen LogP contribution >= 0.6 is 0 Å². The molecule has 0 fully saturated rings. The lowest BCUT2D eigenvalue weighted by atomic mass is 9.95. The first-order valence-corrected chi connectivity index (χ1v) is 6.77. The molecule has 0 aromatic heterocycles. The molecule has 0 saturated carbocycles. The first-order chi connectivity index (χ1) is 10.6. The number of nitrogens with one attached hydrogen (secondary N) is 2. The number of carbonyl (C=O) groups excluding carboxylic acids is 2. The lowest BCUT2D eigenvalue weighted by Crippen LogP contribution is -2.45. The molecule has 0 aliphatic carbocycles. The molecular weight excluding hydrogens is 284 g/mol. The molecule has 116 valence electrons. The summed E-state index contributed by atoms with van der Waals surface area (Å²) in [6.45, 7) is 5.29. The van der Waals surface area contributed by atoms with Crippen molar-refractivity contribution in [3.05, 3.63) is 53.8 Å². The third-order valence-electron chi connectivity index (χ3n) is 3.27. The predicted octanol–water partition coefficient (Wildman–Crippen LogP) is 2.05. The Labute approximate surface area is 128 Å². The van der Waals surface area contributed by atoms with Crippen molar-refractivity contribution in [3.63, 3.8) is 0 Å². The van der Waals surface area contributed by atoms with E-state index in [9.17, 15) is 9.59 Å². The van der Waals surface area contributed by atoms with Crippen molar-refractivity contribution >= 4 is 12.0 Å². The van der Waals surface area contributed by atoms with Crippen LogP contribution in [0, 0.1) is 0 Å². The maximum atomic E-state index is 12.2. The minimum atomic E-state index is -0.572. The molecule has 0 saturated heterocycles. The Bertz CT molecular complexity index is 620. The number of methoxy groups -OCH3 is 1. The first kappa shape index (κ1) is 15.6. The number of benzene rings is 1. The Morgan fingerprint density at radius 3 is 2.64 bits per heavy atom. The summed E-state index contributed by atoms with van der Waals surface area (Å²) in [7, 11) is 1.57. The number of urea groups is 1. The molecule has 6 nitrogen and oxygen atoms in total. The van der Waals surface area contributed by atoms with E-state index in [2.05, 4.69) is 17.2 Å². The van der Waals surface area contributed by atoms with E-state index in [0.29, 0.717) is 17.0 Å². The fourth-order valence-electron chi connectivity index (χ4n) is 2.22. The molecule has 1 aliphatic rings. The number of hydrogen-bond acceptors (Lipinski definition) is 4. The SMILES string of the molecule is C=CCOC(=O)C1=C(C)NC(=O)N[C@@H]1c1ccc(OC)cc1. The van der Waals surface area contributed by atoms with Crippen LogP contribution in [-0.4, -0.2) is 25.7 Å². The summed E-state index contributed by atoms with van der Waals surface area (Å²) < 4.78 is 10.2. The Kier molecular flexibility index (Phi) is 4.83. The first-order valence-electron chi connectivity index (χ1n) is 6.77. The van der Waals surface area contributed by atoms with Gasteiger partial charge in [-0.1, -0.05) is 24.8 Å². The maximum absolute atomic E-state index is 12.2. The zero-order chi connectivity index (χ0) is 16.1. The molecule has 1 heterocycles. The van der Waals surface area contributed by atoms with Gasteiger partial charge in [0.05, 0.1) is 18.7 Å². The van der Waals surface area contributed by atoms with Crippen LogP contribution in [0.5, 0.6) is 5.75 Å². The molecule has 2 rings (SSSR count). The molecule has 22 heavy (non-hydrogen) atoms. The third-order valence-corrected chi connectivity index (χ3v) is 3.27. The van der Waals surface area contributed by atoms with Crippen LogP contribution < -0.4 is 15.4 Å². The third kappa shape index (κ3) is 3.28. The highest BCUT2D eigenvalue weighted by molar-refractivity contribution is 5.95. The minimum Gasteiger partial charge on any atom is -0.497 e. The normalized spacial score (nSPS) is 17.4. The summed E-state index contributed by atoms with van der Waals surface area (Å²) in [5.41, 5.74) is 1.60. The zero-order valence-corrected chi connectivity index (χ0v) is 12.5. The number of carbonyl (C=O) groups is 2. The summed E-state index contributed by atoms with van der Waals surface area (Å²) in [5.74, 6) is 0.200. The maximum Gasteiger partial charge on any atom is 0.338 e. The van der Waals surface area contributed by atoms with Gasteiger partial charge in [-0.05, 0) is 24.6 Å². The van der Waals surface area contributed by atoms with Gasteiger partial charge in [-0.15, -0.1) is 0 Å². The highest BCUT2D eigenvalue weighted by Crippen LogP contribution is 2.28. The van der Waals surface area contributed by atoms with Gasteiger partial charge in [0.25, 0.3) is 0 Å². The van der Waals surface area contributed by atoms with Crippen molar-refractivity contribution < 1.29 is 19.1 Å². The molecule has 1 aromatic carbocycles. The molecule has 6 heteroatoms. The largest absolute Gasteiger partial charge is 0.497 e. The van der Waals surface area contributed by atoms with Gasteiger partial charge >= 0.3 is 12.0 Å². The van der Waals surface area contributed by atoms with Gasteiger partial charge in [0.2, 0.25) is 0 Å². The fourth-order valence-corrected chi connectivity index (χ4v) is 2.22. The van der Waals surface area contributed by atoms with Crippen LogP contribution in [0.15, 0.2) is 48.2 Å². The van der Waals surface area contributed by atoms with Crippen LogP contribution in [0.25, 0.3) is 0 Å². The molecule has 1 aromatic rings. The van der Waals surface area contributed by atoms with Gasteiger partial charge in [0, 0.05) is 5.70 Å². The lowest BCUT2D eigenvalue weighted by Gasteiger charge is -2.28. The molecular formula is C16H18N2O4. The van der Waals surface area contributed by atoms with Crippen LogP contribution in [0.4, 0.5) is 4.79 Å². The van der Waals surface area contributed by atoms with E-state index >= 15 is 0 Å². The Morgan fingerprint density at radius 1 is 1.36 bits per heavy atom. The second-order valence-electron chi connectivity index (χ2n) is 4.73. The van der Waals surface area contributed by atoms with E-state index in [1.807, 2.05) is 0 Å². The zero-order valence-electron chi connectivity index (χ0n) is 12.5. The van der Waals surface area contributed by atoms with Gasteiger partial charge in [-0.3, -0.25) is 0 Å². The molecule has 1 atom stereocenters. The van der Waals surface area contributed by atoms with Crippen LogP contribution in [0.3, 0.4) is 0 Å². The predicted molar refractivity (Wildman–Crippen MR) is 81.3 cm³/mol. The van der Waals surface area contributed by atoms with Gasteiger partial charge in [0.15, 0.2) is 0 Å². The minimum absolute atomic E-state index is 0.110. The summed E-state index contributed by atoms with van der Waals surface area (Å²) in [4.78, 5) is 24.0. The van der Waals surface area contributed by atoms with Crippen molar-refractivity contribution in [3.8, 4) is 5.75 Å². The summed E-state index contributed by atoms with van der Waals surface area (Å²) in [6.07, 6.45) is 1.49. The van der Waals surface area contributed by atoms with E-state index in [1.165, 1.54) is 6.08 Å². The highest BCUT2D eigenvalue weighted by Gasteiger charge is 2.32. The fraction of sp³-hybridized carbons (Fsp3) is 0.250. The topological polar surface area (TPSA) is 76.7 Å². The second kappa shape index (κ2) is 6.80. The smallest absolute Gasteiger partial charge is 0.338 e. The van der Waals surface area contributed by atoms with Crippen molar-refractivity contribution in [2.45, 2.75) is 13.0 Å². The Balaban J connectivity index is 2.36. The van der Waals surface area contributed by atoms with Crippen molar-refractivity contribution in [2.75, 3.05) is 13.7 Å². The van der Waals surface area contributed by atoms with Crippen LogP contribution in [0.1, 0.15) is 18.5 Å². The number of esters is 1. The van der Waals surface area contributed by atoms with E-state index < -0.39 is 12.0 Å². The summed E-state index contributed by atoms with van der Waals surface area (Å²) in [6, 6.07) is 6.19. The van der Waals surface area contributed by atoms with Gasteiger partial charge in [-0.2, -0.15) is 0 Å². The van der Waals surface area contributed by atoms with E-state index in [4.69, 9.17) is 9.47 Å². The molecule has 0 spiro atoms. The number of rotatable bonds is 5. The molecule has 0 radical (unpaired) electrons. The lowest BCUT2D eigenvalue weighted by molar-refractivity contribution is -0.138.